The average Bonchev–Trinajstić information content (AvgIpc) is 2.73. The van der Waals surface area contributed by atoms with Crippen LogP contribution >= 0.6 is 24.0 Å². The van der Waals surface area contributed by atoms with Crippen LogP contribution in [-0.2, 0) is 4.79 Å². The second kappa shape index (κ2) is 6.95. The van der Waals surface area contributed by atoms with Crippen LogP contribution in [0.15, 0.2) is 23.1 Å². The highest BCUT2D eigenvalue weighted by Gasteiger charge is 2.28. The number of ether oxygens (including phenoxy) is 2. The summed E-state index contributed by atoms with van der Waals surface area (Å²) in [5.74, 6) is 1.29. The minimum atomic E-state index is -0.0738. The summed E-state index contributed by atoms with van der Waals surface area (Å²) in [4.78, 5) is 14.1. The van der Waals surface area contributed by atoms with E-state index in [-0.39, 0.29) is 5.91 Å². The number of methoxy groups -OCH3 is 1. The highest BCUT2D eigenvalue weighted by Crippen LogP contribution is 2.34. The first-order valence-corrected chi connectivity index (χ1v) is 7.81. The van der Waals surface area contributed by atoms with E-state index in [1.54, 1.807) is 14.2 Å². The molecule has 1 aromatic carbocycles. The van der Waals surface area contributed by atoms with Crippen molar-refractivity contribution in [2.24, 2.45) is 0 Å². The first-order valence-electron chi connectivity index (χ1n) is 6.59. The summed E-state index contributed by atoms with van der Waals surface area (Å²) in [5, 5.41) is 0. The Bertz CT molecular complexity index is 599. The maximum atomic E-state index is 12.0. The van der Waals surface area contributed by atoms with Gasteiger partial charge in [-0.3, -0.25) is 9.69 Å². The van der Waals surface area contributed by atoms with Gasteiger partial charge < -0.3 is 9.47 Å². The first-order chi connectivity index (χ1) is 10.1. The molecular weight excluding hydrogens is 306 g/mol. The summed E-state index contributed by atoms with van der Waals surface area (Å²) in [6.45, 7) is 2.69. The van der Waals surface area contributed by atoms with Gasteiger partial charge in [-0.15, -0.1) is 0 Å². The van der Waals surface area contributed by atoms with Crippen molar-refractivity contribution in [2.45, 2.75) is 13.3 Å². The van der Waals surface area contributed by atoms with E-state index in [9.17, 15) is 4.79 Å². The summed E-state index contributed by atoms with van der Waals surface area (Å²) in [6, 6.07) is 5.61. The van der Waals surface area contributed by atoms with Gasteiger partial charge in [0.2, 0.25) is 0 Å². The fraction of sp³-hybridized carbons (Fsp3) is 0.333. The van der Waals surface area contributed by atoms with E-state index in [2.05, 4.69) is 0 Å². The third kappa shape index (κ3) is 3.57. The molecule has 112 valence electrons. The Morgan fingerprint density at radius 1 is 1.38 bits per heavy atom. The summed E-state index contributed by atoms with van der Waals surface area (Å²) in [7, 11) is 3.28. The second-order valence-corrected chi connectivity index (χ2v) is 6.18. The predicted octanol–water partition coefficient (Wildman–Crippen LogP) is 3.32. The van der Waals surface area contributed by atoms with Crippen molar-refractivity contribution >= 4 is 40.3 Å². The molecule has 0 radical (unpaired) electrons. The average molecular weight is 323 g/mol. The zero-order chi connectivity index (χ0) is 15.4. The van der Waals surface area contributed by atoms with Crippen LogP contribution < -0.4 is 9.47 Å². The van der Waals surface area contributed by atoms with E-state index in [1.807, 2.05) is 31.2 Å². The van der Waals surface area contributed by atoms with Crippen LogP contribution in [-0.4, -0.2) is 35.9 Å². The maximum Gasteiger partial charge on any atom is 0.265 e. The van der Waals surface area contributed by atoms with Crippen molar-refractivity contribution in [3.05, 3.63) is 28.7 Å². The van der Waals surface area contributed by atoms with E-state index < -0.39 is 0 Å². The number of carbonyl (C=O) groups is 1. The molecule has 4 nitrogen and oxygen atoms in total. The van der Waals surface area contributed by atoms with Gasteiger partial charge in [0.15, 0.2) is 11.5 Å². The Labute approximate surface area is 134 Å². The van der Waals surface area contributed by atoms with Gasteiger partial charge in [0, 0.05) is 7.05 Å². The third-order valence-electron chi connectivity index (χ3n) is 2.93. The minimum absolute atomic E-state index is 0.0738. The fourth-order valence-electron chi connectivity index (χ4n) is 1.80. The zero-order valence-electron chi connectivity index (χ0n) is 12.2. The van der Waals surface area contributed by atoms with Crippen molar-refractivity contribution in [3.8, 4) is 11.5 Å². The first kappa shape index (κ1) is 15.9. The van der Waals surface area contributed by atoms with Gasteiger partial charge in [0.1, 0.15) is 4.32 Å². The number of nitrogens with zero attached hydrogens (tertiary/aromatic N) is 1. The highest BCUT2D eigenvalue weighted by atomic mass is 32.2. The molecular formula is C15H17NO3S2. The molecule has 6 heteroatoms. The maximum absolute atomic E-state index is 12.0. The lowest BCUT2D eigenvalue weighted by Gasteiger charge is -2.10. The summed E-state index contributed by atoms with van der Waals surface area (Å²) in [5.41, 5.74) is 0.879. The van der Waals surface area contributed by atoms with Crippen molar-refractivity contribution in [1.29, 1.82) is 0 Å². The Kier molecular flexibility index (Phi) is 5.25. The minimum Gasteiger partial charge on any atom is -0.493 e. The predicted molar refractivity (Wildman–Crippen MR) is 89.7 cm³/mol. The smallest absolute Gasteiger partial charge is 0.265 e. The lowest BCUT2D eigenvalue weighted by Crippen LogP contribution is -2.22. The number of thioether (sulfide) groups is 1. The molecule has 1 amide bonds. The summed E-state index contributed by atoms with van der Waals surface area (Å²) in [6.07, 6.45) is 2.75. The van der Waals surface area contributed by atoms with Gasteiger partial charge in [0.25, 0.3) is 5.91 Å². The number of hydrogen-bond acceptors (Lipinski definition) is 5. The number of thiocarbonyl (C=S) groups is 1. The molecule has 21 heavy (non-hydrogen) atoms. The van der Waals surface area contributed by atoms with Gasteiger partial charge in [-0.1, -0.05) is 37.0 Å². The number of amides is 1. The lowest BCUT2D eigenvalue weighted by atomic mass is 10.2. The van der Waals surface area contributed by atoms with Crippen LogP contribution in [0.2, 0.25) is 0 Å². The van der Waals surface area contributed by atoms with Gasteiger partial charge >= 0.3 is 0 Å². The SMILES string of the molecule is CCCOc1ccc(/C=C2/SC(=S)N(C)C2=O)cc1OC. The molecule has 1 heterocycles. The van der Waals surface area contributed by atoms with E-state index >= 15 is 0 Å². The van der Waals surface area contributed by atoms with Crippen molar-refractivity contribution in [3.63, 3.8) is 0 Å². The molecule has 0 bridgehead atoms. The van der Waals surface area contributed by atoms with Crippen LogP contribution in [0, 0.1) is 0 Å². The molecule has 0 spiro atoms. The molecule has 1 saturated heterocycles. The summed E-state index contributed by atoms with van der Waals surface area (Å²) < 4.78 is 11.5. The monoisotopic (exact) mass is 323 g/mol. The molecule has 2 rings (SSSR count). The van der Waals surface area contributed by atoms with Crippen molar-refractivity contribution in [1.82, 2.24) is 4.90 Å². The number of rotatable bonds is 5. The van der Waals surface area contributed by atoms with Gasteiger partial charge in [-0.25, -0.2) is 0 Å². The molecule has 1 aliphatic rings. The zero-order valence-corrected chi connectivity index (χ0v) is 13.8. The molecule has 1 fully saturated rings. The van der Waals surface area contributed by atoms with Crippen LogP contribution in [0.4, 0.5) is 0 Å². The molecule has 0 aromatic heterocycles. The van der Waals surface area contributed by atoms with Crippen LogP contribution in [0.3, 0.4) is 0 Å². The Balaban J connectivity index is 2.25. The highest BCUT2D eigenvalue weighted by molar-refractivity contribution is 8.26. The second-order valence-electron chi connectivity index (χ2n) is 4.50. The normalized spacial score (nSPS) is 16.7. The van der Waals surface area contributed by atoms with E-state index in [1.165, 1.54) is 16.7 Å². The van der Waals surface area contributed by atoms with Gasteiger partial charge in [-0.05, 0) is 30.2 Å². The third-order valence-corrected chi connectivity index (χ3v) is 4.42. The number of likely N-dealkylation sites (N-methyl/N-ethyl adjacent to an activating group) is 1. The number of carbonyl (C=O) groups excluding carboxylic acids is 1. The molecule has 0 unspecified atom stereocenters. The van der Waals surface area contributed by atoms with Gasteiger partial charge in [0.05, 0.1) is 18.6 Å². The van der Waals surface area contributed by atoms with E-state index in [0.29, 0.717) is 27.3 Å². The topological polar surface area (TPSA) is 38.8 Å². The molecule has 0 aliphatic carbocycles. The molecule has 0 atom stereocenters. The fourth-order valence-corrected chi connectivity index (χ4v) is 2.98. The largest absolute Gasteiger partial charge is 0.493 e. The Morgan fingerprint density at radius 2 is 2.14 bits per heavy atom. The standard InChI is InChI=1S/C15H17NO3S2/c1-4-7-19-11-6-5-10(8-12(11)18-3)9-13-14(17)16(2)15(20)21-13/h5-6,8-9H,4,7H2,1-3H3/b13-9+. The van der Waals surface area contributed by atoms with Crippen LogP contribution in [0.25, 0.3) is 6.08 Å². The lowest BCUT2D eigenvalue weighted by molar-refractivity contribution is -0.121. The van der Waals surface area contributed by atoms with E-state index in [0.717, 1.165) is 12.0 Å². The van der Waals surface area contributed by atoms with E-state index in [4.69, 9.17) is 21.7 Å². The molecule has 1 aromatic rings. The Morgan fingerprint density at radius 3 is 2.71 bits per heavy atom. The number of hydrogen-bond donors (Lipinski definition) is 0. The quantitative estimate of drug-likeness (QED) is 0.614. The molecule has 0 saturated carbocycles. The van der Waals surface area contributed by atoms with Crippen molar-refractivity contribution in [2.75, 3.05) is 20.8 Å². The molecule has 1 aliphatic heterocycles. The van der Waals surface area contributed by atoms with Crippen LogP contribution in [0.1, 0.15) is 18.9 Å². The number of benzene rings is 1. The van der Waals surface area contributed by atoms with Gasteiger partial charge in [-0.2, -0.15) is 0 Å². The van der Waals surface area contributed by atoms with Crippen molar-refractivity contribution < 1.29 is 14.3 Å². The molecule has 0 N–H and O–H groups in total. The summed E-state index contributed by atoms with van der Waals surface area (Å²) >= 11 is 6.42. The van der Waals surface area contributed by atoms with Crippen LogP contribution in [0.5, 0.6) is 11.5 Å². The Hall–Kier alpha value is -1.53.